The lowest BCUT2D eigenvalue weighted by atomic mass is 9.94. The molecule has 2 saturated heterocycles. The van der Waals surface area contributed by atoms with E-state index in [9.17, 15) is 13.8 Å². The van der Waals surface area contributed by atoms with Gasteiger partial charge >= 0.3 is 0 Å². The molecule has 2 aliphatic heterocycles. The van der Waals surface area contributed by atoms with Crippen LogP contribution in [-0.4, -0.2) is 67.5 Å². The first-order valence-corrected chi connectivity index (χ1v) is 10.7. The predicted molar refractivity (Wildman–Crippen MR) is 97.2 cm³/mol. The Balaban J connectivity index is 1.69. The van der Waals surface area contributed by atoms with Gasteiger partial charge in [0.05, 0.1) is 28.1 Å². The van der Waals surface area contributed by atoms with Crippen LogP contribution in [0.15, 0.2) is 16.8 Å². The lowest BCUT2D eigenvalue weighted by Gasteiger charge is -2.45. The molecule has 0 aliphatic carbocycles. The molecule has 26 heavy (non-hydrogen) atoms. The van der Waals surface area contributed by atoms with Crippen LogP contribution in [0.4, 0.5) is 0 Å². The third-order valence-corrected chi connectivity index (χ3v) is 7.38. The molecule has 0 N–H and O–H groups in total. The highest BCUT2D eigenvalue weighted by atomic mass is 32.2. The monoisotopic (exact) mass is 382 g/mol. The average Bonchev–Trinajstić information content (AvgIpc) is 3.04. The highest BCUT2D eigenvalue weighted by Crippen LogP contribution is 2.32. The van der Waals surface area contributed by atoms with E-state index in [4.69, 9.17) is 4.74 Å². The topological polar surface area (TPSA) is 93.9 Å². The van der Waals surface area contributed by atoms with Gasteiger partial charge in [-0.2, -0.15) is 9.46 Å². The van der Waals surface area contributed by atoms with E-state index < -0.39 is 27.3 Å². The quantitative estimate of drug-likeness (QED) is 0.765. The zero-order chi connectivity index (χ0) is 18.9. The van der Waals surface area contributed by atoms with Gasteiger partial charge in [0.25, 0.3) is 5.91 Å². The van der Waals surface area contributed by atoms with Crippen molar-refractivity contribution in [1.29, 1.82) is 0 Å². The normalized spacial score (nSPS) is 30.2. The Labute approximate surface area is 154 Å². The van der Waals surface area contributed by atoms with Crippen molar-refractivity contribution in [3.8, 4) is 0 Å². The standard InChI is InChI=1S/C17H26N4O4S/c1-13-10-18-21(11-13)14(2)16(23)19-26(24)8-4-17(5-9-26)12-20(15(3)22)6-7-25-17/h10-11,14H,4-9,12H2,1-3H3. The summed E-state index contributed by atoms with van der Waals surface area (Å²) in [6, 6.07) is -0.572. The van der Waals surface area contributed by atoms with Crippen molar-refractivity contribution in [2.24, 2.45) is 4.36 Å². The minimum atomic E-state index is -2.60. The molecule has 8 nitrogen and oxygen atoms in total. The van der Waals surface area contributed by atoms with Crippen LogP contribution in [0, 0.1) is 6.92 Å². The number of ether oxygens (including phenoxy) is 1. The number of hydrogen-bond acceptors (Lipinski definition) is 5. The minimum absolute atomic E-state index is 0.0298. The van der Waals surface area contributed by atoms with Gasteiger partial charge in [0.2, 0.25) is 5.91 Å². The predicted octanol–water partition coefficient (Wildman–Crippen LogP) is 1.16. The van der Waals surface area contributed by atoms with E-state index in [2.05, 4.69) is 9.46 Å². The van der Waals surface area contributed by atoms with Gasteiger partial charge in [0.1, 0.15) is 6.04 Å². The first-order chi connectivity index (χ1) is 12.2. The Bertz CT molecular complexity index is 810. The van der Waals surface area contributed by atoms with Crippen molar-refractivity contribution in [2.45, 2.75) is 45.3 Å². The van der Waals surface area contributed by atoms with Crippen LogP contribution in [0.5, 0.6) is 0 Å². The van der Waals surface area contributed by atoms with Crippen molar-refractivity contribution in [3.63, 3.8) is 0 Å². The number of hydrogen-bond donors (Lipinski definition) is 0. The van der Waals surface area contributed by atoms with Crippen LogP contribution >= 0.6 is 0 Å². The molecule has 0 radical (unpaired) electrons. The molecular formula is C17H26N4O4S. The SMILES string of the molecule is CC(=O)N1CCOC2(CCS(=O)(=NC(=O)C(C)n3cc(C)cn3)CC2)C1. The van der Waals surface area contributed by atoms with E-state index in [-0.39, 0.29) is 5.91 Å². The van der Waals surface area contributed by atoms with Crippen molar-refractivity contribution < 1.29 is 18.5 Å². The Morgan fingerprint density at radius 1 is 1.38 bits per heavy atom. The fraction of sp³-hybridized carbons (Fsp3) is 0.706. The van der Waals surface area contributed by atoms with E-state index in [1.165, 1.54) is 0 Å². The van der Waals surface area contributed by atoms with E-state index in [1.54, 1.807) is 35.8 Å². The summed E-state index contributed by atoms with van der Waals surface area (Å²) in [4.78, 5) is 25.9. The van der Waals surface area contributed by atoms with Gasteiger partial charge < -0.3 is 9.64 Å². The average molecular weight is 382 g/mol. The fourth-order valence-corrected chi connectivity index (χ4v) is 5.67. The molecule has 1 atom stereocenters. The zero-order valence-electron chi connectivity index (χ0n) is 15.5. The number of morpholine rings is 1. The molecule has 2 aliphatic rings. The number of rotatable bonds is 2. The third-order valence-electron chi connectivity index (χ3n) is 5.19. The maximum atomic E-state index is 13.0. The molecule has 0 saturated carbocycles. The molecule has 2 amide bonds. The first kappa shape index (κ1) is 19.0. The van der Waals surface area contributed by atoms with Crippen LogP contribution in [0.25, 0.3) is 0 Å². The van der Waals surface area contributed by atoms with Gasteiger partial charge in [0, 0.05) is 37.7 Å². The molecule has 0 aromatic carbocycles. The van der Waals surface area contributed by atoms with Gasteiger partial charge in [-0.05, 0) is 32.3 Å². The smallest absolute Gasteiger partial charge is 0.278 e. The van der Waals surface area contributed by atoms with Crippen LogP contribution in [0.1, 0.15) is 38.3 Å². The van der Waals surface area contributed by atoms with E-state index in [0.29, 0.717) is 44.0 Å². The van der Waals surface area contributed by atoms with Crippen LogP contribution < -0.4 is 0 Å². The number of nitrogens with zero attached hydrogens (tertiary/aromatic N) is 4. The number of aromatic nitrogens is 2. The summed E-state index contributed by atoms with van der Waals surface area (Å²) in [5.74, 6) is 0.246. The van der Waals surface area contributed by atoms with Crippen LogP contribution in [0.2, 0.25) is 0 Å². The molecule has 144 valence electrons. The number of carbonyl (C=O) groups is 2. The highest BCUT2D eigenvalue weighted by molar-refractivity contribution is 7.93. The Hall–Kier alpha value is -1.74. The largest absolute Gasteiger partial charge is 0.371 e. The highest BCUT2D eigenvalue weighted by Gasteiger charge is 2.42. The summed E-state index contributed by atoms with van der Waals surface area (Å²) in [5, 5.41) is 4.13. The van der Waals surface area contributed by atoms with Gasteiger partial charge in [-0.3, -0.25) is 14.3 Å². The van der Waals surface area contributed by atoms with Gasteiger partial charge in [-0.1, -0.05) is 0 Å². The summed E-state index contributed by atoms with van der Waals surface area (Å²) < 4.78 is 24.6. The van der Waals surface area contributed by atoms with Gasteiger partial charge in [-0.25, -0.2) is 4.21 Å². The molecule has 3 rings (SSSR count). The maximum absolute atomic E-state index is 13.0. The molecular weight excluding hydrogens is 356 g/mol. The minimum Gasteiger partial charge on any atom is -0.371 e. The third kappa shape index (κ3) is 3.98. The number of carbonyl (C=O) groups excluding carboxylic acids is 2. The molecule has 1 aromatic rings. The summed E-state index contributed by atoms with van der Waals surface area (Å²) in [6.07, 6.45) is 4.53. The number of aryl methyl sites for hydroxylation is 1. The first-order valence-electron chi connectivity index (χ1n) is 8.89. The van der Waals surface area contributed by atoms with E-state index in [0.717, 1.165) is 5.56 Å². The maximum Gasteiger partial charge on any atom is 0.278 e. The van der Waals surface area contributed by atoms with Crippen molar-refractivity contribution >= 4 is 21.5 Å². The molecule has 9 heteroatoms. The van der Waals surface area contributed by atoms with Crippen molar-refractivity contribution in [2.75, 3.05) is 31.2 Å². The van der Waals surface area contributed by atoms with E-state index in [1.807, 2.05) is 6.92 Å². The van der Waals surface area contributed by atoms with Gasteiger partial charge in [0.15, 0.2) is 0 Å². The summed E-state index contributed by atoms with van der Waals surface area (Å²) >= 11 is 0. The lowest BCUT2D eigenvalue weighted by Crippen LogP contribution is -2.56. The Morgan fingerprint density at radius 3 is 2.65 bits per heavy atom. The molecule has 1 aromatic heterocycles. The molecule has 1 unspecified atom stereocenters. The second-order valence-corrected chi connectivity index (χ2v) is 9.80. The second kappa shape index (κ2) is 7.11. The number of amides is 2. The second-order valence-electron chi connectivity index (χ2n) is 7.26. The summed E-state index contributed by atoms with van der Waals surface area (Å²) in [5.41, 5.74) is 0.506. The van der Waals surface area contributed by atoms with Crippen LogP contribution in [-0.2, 0) is 24.1 Å². The van der Waals surface area contributed by atoms with E-state index >= 15 is 0 Å². The summed E-state index contributed by atoms with van der Waals surface area (Å²) in [6.45, 7) is 6.77. The lowest BCUT2D eigenvalue weighted by molar-refractivity contribution is -0.150. The Morgan fingerprint density at radius 2 is 2.08 bits per heavy atom. The molecule has 1 spiro atoms. The zero-order valence-corrected chi connectivity index (χ0v) is 16.3. The summed E-state index contributed by atoms with van der Waals surface area (Å²) in [7, 11) is -2.60. The molecule has 3 heterocycles. The van der Waals surface area contributed by atoms with Crippen molar-refractivity contribution in [3.05, 3.63) is 18.0 Å². The fourth-order valence-electron chi connectivity index (χ4n) is 3.42. The molecule has 2 fully saturated rings. The van der Waals surface area contributed by atoms with Crippen molar-refractivity contribution in [1.82, 2.24) is 14.7 Å². The van der Waals surface area contributed by atoms with Gasteiger partial charge in [-0.15, -0.1) is 0 Å². The van der Waals surface area contributed by atoms with Crippen LogP contribution in [0.3, 0.4) is 0 Å². The molecule has 0 bridgehead atoms. The Kier molecular flexibility index (Phi) is 5.21.